The Balaban J connectivity index is 1.63. The Hall–Kier alpha value is -3.94. The highest BCUT2D eigenvalue weighted by atomic mass is 19.1. The maximum absolute atomic E-state index is 14.3. The molecule has 0 saturated heterocycles. The summed E-state index contributed by atoms with van der Waals surface area (Å²) in [4.78, 5) is 8.71. The standard InChI is InChI=1S/C25H26FN5O2/c1-15(2)31-25(33-23-16(3)7-6-8-21(23)26)29-24(30-31)28-19-9-10-20(22(14-19)32-5)18-11-12-27-17(4)13-18/h6-15H,1-5H3,(H,28,30). The lowest BCUT2D eigenvalue weighted by Gasteiger charge is -2.11. The van der Waals surface area contributed by atoms with Gasteiger partial charge in [0.25, 0.3) is 0 Å². The largest absolute Gasteiger partial charge is 0.496 e. The lowest BCUT2D eigenvalue weighted by atomic mass is 10.0. The molecule has 0 amide bonds. The molecule has 2 heterocycles. The average molecular weight is 448 g/mol. The first-order chi connectivity index (χ1) is 15.9. The van der Waals surface area contributed by atoms with Crippen molar-refractivity contribution in [2.24, 2.45) is 0 Å². The van der Waals surface area contributed by atoms with E-state index in [4.69, 9.17) is 9.47 Å². The maximum Gasteiger partial charge on any atom is 0.322 e. The second kappa shape index (κ2) is 9.28. The molecule has 0 aliphatic carbocycles. The van der Waals surface area contributed by atoms with Gasteiger partial charge in [0.15, 0.2) is 11.6 Å². The number of anilines is 2. The summed E-state index contributed by atoms with van der Waals surface area (Å²) >= 11 is 0. The summed E-state index contributed by atoms with van der Waals surface area (Å²) in [6.45, 7) is 7.64. The summed E-state index contributed by atoms with van der Waals surface area (Å²) in [6, 6.07) is 14.7. The Morgan fingerprint density at radius 2 is 1.88 bits per heavy atom. The molecule has 4 aromatic rings. The number of para-hydroxylation sites is 1. The van der Waals surface area contributed by atoms with Gasteiger partial charge in [0.2, 0.25) is 5.95 Å². The van der Waals surface area contributed by atoms with E-state index in [2.05, 4.69) is 20.4 Å². The van der Waals surface area contributed by atoms with Gasteiger partial charge in [0.1, 0.15) is 5.75 Å². The van der Waals surface area contributed by atoms with Crippen LogP contribution in [0.4, 0.5) is 16.0 Å². The van der Waals surface area contributed by atoms with Crippen LogP contribution in [0.1, 0.15) is 31.1 Å². The second-order valence-corrected chi connectivity index (χ2v) is 7.97. The summed E-state index contributed by atoms with van der Waals surface area (Å²) in [5.74, 6) is 0.723. The van der Waals surface area contributed by atoms with E-state index in [1.54, 1.807) is 37.0 Å². The summed E-state index contributed by atoms with van der Waals surface area (Å²) < 4.78 is 27.3. The molecule has 2 aromatic heterocycles. The zero-order chi connectivity index (χ0) is 23.5. The van der Waals surface area contributed by atoms with Crippen molar-refractivity contribution >= 4 is 11.6 Å². The topological polar surface area (TPSA) is 74.1 Å². The van der Waals surface area contributed by atoms with Gasteiger partial charge in [-0.2, -0.15) is 4.98 Å². The van der Waals surface area contributed by atoms with Crippen LogP contribution in [0.3, 0.4) is 0 Å². The molecular formula is C25H26FN5O2. The fourth-order valence-electron chi connectivity index (χ4n) is 3.45. The number of hydrogen-bond acceptors (Lipinski definition) is 6. The van der Waals surface area contributed by atoms with E-state index in [9.17, 15) is 4.39 Å². The van der Waals surface area contributed by atoms with Crippen LogP contribution in [0.5, 0.6) is 17.5 Å². The van der Waals surface area contributed by atoms with Crippen molar-refractivity contribution in [1.82, 2.24) is 19.7 Å². The van der Waals surface area contributed by atoms with Gasteiger partial charge in [-0.25, -0.2) is 9.07 Å². The van der Waals surface area contributed by atoms with Crippen molar-refractivity contribution < 1.29 is 13.9 Å². The van der Waals surface area contributed by atoms with Crippen molar-refractivity contribution in [3.8, 4) is 28.6 Å². The van der Waals surface area contributed by atoms with Gasteiger partial charge in [-0.15, -0.1) is 5.10 Å². The minimum atomic E-state index is -0.450. The monoisotopic (exact) mass is 447 g/mol. The Kier molecular flexibility index (Phi) is 6.26. The van der Waals surface area contributed by atoms with Crippen LogP contribution in [0.15, 0.2) is 54.7 Å². The highest BCUT2D eigenvalue weighted by Crippen LogP contribution is 2.34. The molecule has 170 valence electrons. The van der Waals surface area contributed by atoms with E-state index in [1.807, 2.05) is 51.1 Å². The normalized spacial score (nSPS) is 11.0. The first kappa shape index (κ1) is 22.3. The minimum Gasteiger partial charge on any atom is -0.496 e. The first-order valence-electron chi connectivity index (χ1n) is 10.6. The maximum atomic E-state index is 14.3. The number of ether oxygens (including phenoxy) is 2. The van der Waals surface area contributed by atoms with Crippen LogP contribution in [-0.4, -0.2) is 26.9 Å². The molecule has 1 N–H and O–H groups in total. The van der Waals surface area contributed by atoms with E-state index in [1.165, 1.54) is 6.07 Å². The minimum absolute atomic E-state index is 0.0398. The molecule has 0 saturated carbocycles. The van der Waals surface area contributed by atoms with Crippen LogP contribution >= 0.6 is 0 Å². The molecule has 4 rings (SSSR count). The Morgan fingerprint density at radius 3 is 2.58 bits per heavy atom. The SMILES string of the molecule is COc1cc(Nc2nc(Oc3c(C)cccc3F)n(C(C)C)n2)ccc1-c1ccnc(C)c1. The molecule has 7 nitrogen and oxygen atoms in total. The number of rotatable bonds is 7. The second-order valence-electron chi connectivity index (χ2n) is 7.97. The van der Waals surface area contributed by atoms with Crippen LogP contribution in [0, 0.1) is 19.7 Å². The molecule has 0 aliphatic heterocycles. The number of aryl methyl sites for hydroxylation is 2. The zero-order valence-electron chi connectivity index (χ0n) is 19.3. The number of hydrogen-bond donors (Lipinski definition) is 1. The lowest BCUT2D eigenvalue weighted by Crippen LogP contribution is -2.06. The molecule has 0 bridgehead atoms. The Bertz CT molecular complexity index is 1270. The third kappa shape index (κ3) is 4.79. The highest BCUT2D eigenvalue weighted by Gasteiger charge is 2.18. The Morgan fingerprint density at radius 1 is 1.06 bits per heavy atom. The summed E-state index contributed by atoms with van der Waals surface area (Å²) in [5, 5.41) is 7.70. The van der Waals surface area contributed by atoms with Crippen LogP contribution in [0.2, 0.25) is 0 Å². The van der Waals surface area contributed by atoms with Gasteiger partial charge in [-0.3, -0.25) is 4.98 Å². The zero-order valence-corrected chi connectivity index (χ0v) is 19.3. The number of benzene rings is 2. The number of halogens is 1. The van der Waals surface area contributed by atoms with E-state index < -0.39 is 5.82 Å². The molecule has 0 fully saturated rings. The molecule has 0 unspecified atom stereocenters. The van der Waals surface area contributed by atoms with Gasteiger partial charge < -0.3 is 14.8 Å². The van der Waals surface area contributed by atoms with Crippen LogP contribution in [0.25, 0.3) is 11.1 Å². The molecule has 0 radical (unpaired) electrons. The lowest BCUT2D eigenvalue weighted by molar-refractivity contribution is 0.358. The van der Waals surface area contributed by atoms with Gasteiger partial charge in [0.05, 0.1) is 13.2 Å². The quantitative estimate of drug-likeness (QED) is 0.362. The third-order valence-corrected chi connectivity index (χ3v) is 5.11. The van der Waals surface area contributed by atoms with E-state index >= 15 is 0 Å². The third-order valence-electron chi connectivity index (χ3n) is 5.11. The number of aromatic nitrogens is 4. The number of pyridine rings is 1. The van der Waals surface area contributed by atoms with Crippen LogP contribution in [-0.2, 0) is 0 Å². The fourth-order valence-corrected chi connectivity index (χ4v) is 3.45. The van der Waals surface area contributed by atoms with Crippen molar-refractivity contribution in [3.63, 3.8) is 0 Å². The molecular weight excluding hydrogens is 421 g/mol. The molecule has 0 atom stereocenters. The van der Waals surface area contributed by atoms with Gasteiger partial charge in [-0.1, -0.05) is 12.1 Å². The van der Waals surface area contributed by atoms with Crippen molar-refractivity contribution in [2.75, 3.05) is 12.4 Å². The summed E-state index contributed by atoms with van der Waals surface area (Å²) in [5.41, 5.74) is 4.32. The number of methoxy groups -OCH3 is 1. The van der Waals surface area contributed by atoms with Gasteiger partial charge in [0, 0.05) is 29.2 Å². The predicted octanol–water partition coefficient (Wildman–Crippen LogP) is 6.22. The predicted molar refractivity (Wildman–Crippen MR) is 126 cm³/mol. The number of nitrogens with one attached hydrogen (secondary N) is 1. The average Bonchev–Trinajstić information content (AvgIpc) is 3.19. The van der Waals surface area contributed by atoms with Gasteiger partial charge in [-0.05, 0) is 69.2 Å². The molecule has 0 spiro atoms. The van der Waals surface area contributed by atoms with Gasteiger partial charge >= 0.3 is 6.01 Å². The number of nitrogens with zero attached hydrogens (tertiary/aromatic N) is 4. The van der Waals surface area contributed by atoms with Crippen LogP contribution < -0.4 is 14.8 Å². The van der Waals surface area contributed by atoms with E-state index in [0.717, 1.165) is 22.5 Å². The smallest absolute Gasteiger partial charge is 0.322 e. The molecule has 2 aromatic carbocycles. The van der Waals surface area contributed by atoms with Crippen molar-refractivity contribution in [2.45, 2.75) is 33.7 Å². The summed E-state index contributed by atoms with van der Waals surface area (Å²) in [7, 11) is 1.63. The van der Waals surface area contributed by atoms with E-state index in [0.29, 0.717) is 17.3 Å². The van der Waals surface area contributed by atoms with E-state index in [-0.39, 0.29) is 17.8 Å². The Labute approximate surface area is 192 Å². The molecule has 0 aliphatic rings. The fraction of sp³-hybridized carbons (Fsp3) is 0.240. The van der Waals surface area contributed by atoms with Crippen molar-refractivity contribution in [1.29, 1.82) is 0 Å². The first-order valence-corrected chi connectivity index (χ1v) is 10.6. The molecule has 8 heteroatoms. The summed E-state index contributed by atoms with van der Waals surface area (Å²) in [6.07, 6.45) is 1.78. The molecule has 33 heavy (non-hydrogen) atoms. The van der Waals surface area contributed by atoms with Crippen molar-refractivity contribution in [3.05, 3.63) is 71.8 Å². The highest BCUT2D eigenvalue weighted by molar-refractivity contribution is 5.74.